The third-order valence-electron chi connectivity index (χ3n) is 3.78. The molecule has 0 radical (unpaired) electrons. The first kappa shape index (κ1) is 20.5. The Kier molecular flexibility index (Phi) is 7.87. The molecule has 0 aliphatic carbocycles. The number of carbonyl (C=O) groups excluding carboxylic acids is 1. The SMILES string of the molecule is C=CC(OC)[C@@H](COC)OCn1ccc(NC(=O)c2ccccc2)nc1=O. The first-order valence-corrected chi connectivity index (χ1v) is 8.28. The van der Waals surface area contributed by atoms with Crippen LogP contribution in [0.5, 0.6) is 0 Å². The van der Waals surface area contributed by atoms with Gasteiger partial charge in [0, 0.05) is 26.0 Å². The Bertz CT molecular complexity index is 806. The average Bonchev–Trinajstić information content (AvgIpc) is 2.68. The van der Waals surface area contributed by atoms with E-state index in [0.717, 1.165) is 0 Å². The van der Waals surface area contributed by atoms with Gasteiger partial charge in [-0.1, -0.05) is 24.3 Å². The van der Waals surface area contributed by atoms with E-state index in [1.165, 1.54) is 23.9 Å². The molecule has 8 heteroatoms. The molecule has 1 N–H and O–H groups in total. The van der Waals surface area contributed by atoms with Crippen molar-refractivity contribution in [2.24, 2.45) is 0 Å². The molecule has 8 nitrogen and oxygen atoms in total. The van der Waals surface area contributed by atoms with Crippen LogP contribution in [0.3, 0.4) is 0 Å². The molecule has 0 aliphatic rings. The molecule has 0 spiro atoms. The van der Waals surface area contributed by atoms with E-state index < -0.39 is 11.8 Å². The molecule has 1 aromatic heterocycles. The average molecular weight is 373 g/mol. The van der Waals surface area contributed by atoms with E-state index in [-0.39, 0.29) is 31.2 Å². The van der Waals surface area contributed by atoms with Crippen LogP contribution in [0.1, 0.15) is 10.4 Å². The number of carbonyl (C=O) groups is 1. The number of methoxy groups -OCH3 is 2. The molecule has 144 valence electrons. The van der Waals surface area contributed by atoms with E-state index in [0.29, 0.717) is 5.56 Å². The highest BCUT2D eigenvalue weighted by atomic mass is 16.6. The highest BCUT2D eigenvalue weighted by Crippen LogP contribution is 2.08. The smallest absolute Gasteiger partial charge is 0.351 e. The molecule has 2 atom stereocenters. The molecule has 2 aromatic rings. The Morgan fingerprint density at radius 2 is 2.04 bits per heavy atom. The van der Waals surface area contributed by atoms with Gasteiger partial charge in [-0.15, -0.1) is 6.58 Å². The normalized spacial score (nSPS) is 13.0. The zero-order valence-corrected chi connectivity index (χ0v) is 15.3. The predicted octanol–water partition coefficient (Wildman–Crippen LogP) is 1.69. The largest absolute Gasteiger partial charge is 0.382 e. The fraction of sp³-hybridized carbons (Fsp3) is 0.316. The van der Waals surface area contributed by atoms with Gasteiger partial charge in [0.15, 0.2) is 0 Å². The molecule has 1 unspecified atom stereocenters. The number of benzene rings is 1. The predicted molar refractivity (Wildman–Crippen MR) is 101 cm³/mol. The topological polar surface area (TPSA) is 91.7 Å². The summed E-state index contributed by atoms with van der Waals surface area (Å²) in [6, 6.07) is 10.2. The molecule has 0 aliphatic heterocycles. The number of ether oxygens (including phenoxy) is 3. The van der Waals surface area contributed by atoms with Gasteiger partial charge >= 0.3 is 5.69 Å². The fourth-order valence-corrected chi connectivity index (χ4v) is 2.35. The zero-order chi connectivity index (χ0) is 19.6. The molecule has 0 saturated carbocycles. The number of rotatable bonds is 10. The van der Waals surface area contributed by atoms with E-state index in [1.807, 2.05) is 6.07 Å². The summed E-state index contributed by atoms with van der Waals surface area (Å²) in [5, 5.41) is 2.59. The van der Waals surface area contributed by atoms with Gasteiger partial charge in [-0.05, 0) is 18.2 Å². The highest BCUT2D eigenvalue weighted by Gasteiger charge is 2.19. The van der Waals surface area contributed by atoms with Crippen LogP contribution in [0, 0.1) is 0 Å². The van der Waals surface area contributed by atoms with E-state index in [4.69, 9.17) is 14.2 Å². The molecular weight excluding hydrogens is 350 g/mol. The van der Waals surface area contributed by atoms with Gasteiger partial charge in [0.25, 0.3) is 5.91 Å². The molecule has 1 amide bonds. The monoisotopic (exact) mass is 373 g/mol. The summed E-state index contributed by atoms with van der Waals surface area (Å²) in [5.74, 6) is -0.176. The molecule has 2 rings (SSSR count). The maximum absolute atomic E-state index is 12.2. The highest BCUT2D eigenvalue weighted by molar-refractivity contribution is 6.03. The van der Waals surface area contributed by atoms with Gasteiger partial charge < -0.3 is 19.5 Å². The first-order valence-electron chi connectivity index (χ1n) is 8.28. The van der Waals surface area contributed by atoms with E-state index >= 15 is 0 Å². The standard InChI is InChI=1S/C19H23N3O5/c1-4-15(26-3)16(12-25-2)27-13-22-11-10-17(21-19(22)24)20-18(23)14-8-6-5-7-9-14/h4-11,15-16H,1,12-13H2,2-3H3,(H,20,21,23,24)/t15?,16-/m1/s1. The second-order valence-corrected chi connectivity index (χ2v) is 5.61. The Morgan fingerprint density at radius 3 is 2.63 bits per heavy atom. The summed E-state index contributed by atoms with van der Waals surface area (Å²) in [6.07, 6.45) is 2.29. The molecule has 0 bridgehead atoms. The van der Waals surface area contributed by atoms with Crippen LogP contribution in [0.4, 0.5) is 5.82 Å². The van der Waals surface area contributed by atoms with E-state index in [2.05, 4.69) is 16.9 Å². The minimum absolute atomic E-state index is 0.0412. The van der Waals surface area contributed by atoms with E-state index in [1.54, 1.807) is 37.5 Å². The zero-order valence-electron chi connectivity index (χ0n) is 15.3. The Morgan fingerprint density at radius 1 is 1.30 bits per heavy atom. The van der Waals surface area contributed by atoms with Crippen molar-refractivity contribution in [1.82, 2.24) is 9.55 Å². The van der Waals surface area contributed by atoms with Crippen molar-refractivity contribution in [1.29, 1.82) is 0 Å². The number of hydrogen-bond acceptors (Lipinski definition) is 6. The summed E-state index contributed by atoms with van der Waals surface area (Å²) in [4.78, 5) is 28.2. The number of hydrogen-bond donors (Lipinski definition) is 1. The Labute approximate surface area is 157 Å². The van der Waals surface area contributed by atoms with Gasteiger partial charge in [-0.2, -0.15) is 4.98 Å². The summed E-state index contributed by atoms with van der Waals surface area (Å²) >= 11 is 0. The van der Waals surface area contributed by atoms with Gasteiger partial charge in [0.05, 0.1) is 6.61 Å². The number of anilines is 1. The third kappa shape index (κ3) is 5.85. The summed E-state index contributed by atoms with van der Waals surface area (Å²) < 4.78 is 17.3. The molecular formula is C19H23N3O5. The van der Waals surface area contributed by atoms with Crippen molar-refractivity contribution in [3.05, 3.63) is 71.3 Å². The lowest BCUT2D eigenvalue weighted by Gasteiger charge is -2.23. The lowest BCUT2D eigenvalue weighted by atomic mass is 10.2. The van der Waals surface area contributed by atoms with Crippen LogP contribution in [0.25, 0.3) is 0 Å². The molecule has 0 saturated heterocycles. The number of aromatic nitrogens is 2. The number of amides is 1. The van der Waals surface area contributed by atoms with Crippen molar-refractivity contribution < 1.29 is 19.0 Å². The first-order chi connectivity index (χ1) is 13.1. The van der Waals surface area contributed by atoms with Crippen LogP contribution in [-0.2, 0) is 20.9 Å². The minimum atomic E-state index is -0.551. The molecule has 1 heterocycles. The lowest BCUT2D eigenvalue weighted by molar-refractivity contribution is -0.0914. The van der Waals surface area contributed by atoms with Crippen LogP contribution >= 0.6 is 0 Å². The van der Waals surface area contributed by atoms with Gasteiger partial charge in [-0.3, -0.25) is 9.36 Å². The Balaban J connectivity index is 2.02. The number of nitrogens with zero attached hydrogens (tertiary/aromatic N) is 2. The minimum Gasteiger partial charge on any atom is -0.382 e. The summed E-state index contributed by atoms with van der Waals surface area (Å²) in [7, 11) is 3.08. The lowest BCUT2D eigenvalue weighted by Crippen LogP contribution is -2.35. The molecule has 1 aromatic carbocycles. The van der Waals surface area contributed by atoms with Crippen LogP contribution in [0.15, 0.2) is 60.0 Å². The summed E-state index contributed by atoms with van der Waals surface area (Å²) in [6.45, 7) is 3.92. The van der Waals surface area contributed by atoms with Crippen LogP contribution in [-0.4, -0.2) is 48.5 Å². The fourth-order valence-electron chi connectivity index (χ4n) is 2.35. The summed E-state index contributed by atoms with van der Waals surface area (Å²) in [5.41, 5.74) is -0.0751. The van der Waals surface area contributed by atoms with Crippen molar-refractivity contribution in [3.63, 3.8) is 0 Å². The van der Waals surface area contributed by atoms with E-state index in [9.17, 15) is 9.59 Å². The van der Waals surface area contributed by atoms with Crippen molar-refractivity contribution in [3.8, 4) is 0 Å². The van der Waals surface area contributed by atoms with Crippen molar-refractivity contribution >= 4 is 11.7 Å². The Hall–Kier alpha value is -2.81. The third-order valence-corrected chi connectivity index (χ3v) is 3.78. The second-order valence-electron chi connectivity index (χ2n) is 5.61. The molecule has 0 fully saturated rings. The van der Waals surface area contributed by atoms with Gasteiger partial charge in [0.2, 0.25) is 0 Å². The quantitative estimate of drug-likeness (QED) is 0.637. The number of nitrogens with one attached hydrogen (secondary N) is 1. The van der Waals surface area contributed by atoms with Crippen molar-refractivity contribution in [2.75, 3.05) is 26.1 Å². The van der Waals surface area contributed by atoms with Crippen LogP contribution in [0.2, 0.25) is 0 Å². The van der Waals surface area contributed by atoms with Crippen LogP contribution < -0.4 is 11.0 Å². The molecule has 27 heavy (non-hydrogen) atoms. The maximum Gasteiger partial charge on any atom is 0.351 e. The van der Waals surface area contributed by atoms with Crippen molar-refractivity contribution in [2.45, 2.75) is 18.9 Å². The van der Waals surface area contributed by atoms with Gasteiger partial charge in [0.1, 0.15) is 24.8 Å². The second kappa shape index (κ2) is 10.4. The van der Waals surface area contributed by atoms with Gasteiger partial charge in [-0.25, -0.2) is 4.79 Å². The maximum atomic E-state index is 12.2.